The molecule has 1 N–H and O–H groups in total. The first-order chi connectivity index (χ1) is 15.3. The van der Waals surface area contributed by atoms with Crippen LogP contribution in [-0.4, -0.2) is 15.6 Å². The third-order valence-corrected chi connectivity index (χ3v) is 7.36. The molecule has 0 radical (unpaired) electrons. The number of halogens is 1. The number of hydrogen-bond acceptors (Lipinski definition) is 5. The minimum absolute atomic E-state index is 0.0991. The lowest BCUT2D eigenvalue weighted by Gasteiger charge is -2.32. The number of fused-ring (bicyclic) bond motifs is 2. The zero-order valence-corrected chi connectivity index (χ0v) is 18.6. The fourth-order valence-electron chi connectivity index (χ4n) is 5.47. The van der Waals surface area contributed by atoms with E-state index in [0.717, 1.165) is 30.0 Å². The van der Waals surface area contributed by atoms with Crippen molar-refractivity contribution in [1.29, 1.82) is 0 Å². The molecule has 1 aliphatic carbocycles. The zero-order chi connectivity index (χ0) is 22.8. The van der Waals surface area contributed by atoms with Crippen LogP contribution < -0.4 is 16.1 Å². The van der Waals surface area contributed by atoms with Crippen molar-refractivity contribution in [3.63, 3.8) is 0 Å². The van der Waals surface area contributed by atoms with Crippen molar-refractivity contribution >= 4 is 11.5 Å². The van der Waals surface area contributed by atoms with E-state index in [1.54, 1.807) is 17.6 Å². The Morgan fingerprint density at radius 3 is 2.78 bits per heavy atom. The molecule has 2 atom stereocenters. The maximum absolute atomic E-state index is 14.7. The van der Waals surface area contributed by atoms with Crippen molar-refractivity contribution in [3.05, 3.63) is 66.8 Å². The SMILES string of the molecule is CC[C@@]1(O)C(=O)OCc2c1cc1n(c2=O)CCC2=c3c(c(C)c(F)cc3=NC1C)CCC2. The number of hydrogen-bond donors (Lipinski definition) is 1. The van der Waals surface area contributed by atoms with Gasteiger partial charge in [0.15, 0.2) is 5.60 Å². The van der Waals surface area contributed by atoms with E-state index in [0.29, 0.717) is 40.7 Å². The highest BCUT2D eigenvalue weighted by Crippen LogP contribution is 2.35. The fraction of sp³-hybridized carbons (Fsp3) is 0.480. The van der Waals surface area contributed by atoms with Gasteiger partial charge < -0.3 is 14.4 Å². The van der Waals surface area contributed by atoms with Crippen molar-refractivity contribution in [2.45, 2.75) is 77.7 Å². The molecule has 0 saturated heterocycles. The smallest absolute Gasteiger partial charge is 0.343 e. The predicted molar refractivity (Wildman–Crippen MR) is 116 cm³/mol. The van der Waals surface area contributed by atoms with Gasteiger partial charge in [-0.3, -0.25) is 9.79 Å². The number of carbonyl (C=O) groups is 1. The Labute approximate surface area is 185 Å². The fourth-order valence-corrected chi connectivity index (χ4v) is 5.47. The van der Waals surface area contributed by atoms with Crippen molar-refractivity contribution in [2.24, 2.45) is 4.99 Å². The zero-order valence-electron chi connectivity index (χ0n) is 18.6. The molecule has 0 fully saturated rings. The maximum atomic E-state index is 14.7. The summed E-state index contributed by atoms with van der Waals surface area (Å²) in [6.07, 6.45) is 3.44. The Kier molecular flexibility index (Phi) is 4.85. The van der Waals surface area contributed by atoms with Crippen LogP contribution in [0.3, 0.4) is 0 Å². The highest BCUT2D eigenvalue weighted by atomic mass is 19.1. The van der Waals surface area contributed by atoms with Crippen LogP contribution in [0, 0.1) is 12.7 Å². The van der Waals surface area contributed by atoms with Crippen LogP contribution in [0.2, 0.25) is 0 Å². The number of aliphatic hydroxyl groups is 1. The van der Waals surface area contributed by atoms with E-state index in [2.05, 4.69) is 0 Å². The number of benzene rings is 1. The lowest BCUT2D eigenvalue weighted by atomic mass is 9.85. The average Bonchev–Trinajstić information content (AvgIpc) is 2.83. The Hall–Kier alpha value is -2.80. The number of ether oxygens (including phenoxy) is 1. The molecular formula is C25H27FN2O4. The van der Waals surface area contributed by atoms with Crippen LogP contribution in [0.15, 0.2) is 21.9 Å². The van der Waals surface area contributed by atoms with Gasteiger partial charge in [-0.05, 0) is 69.2 Å². The molecule has 0 saturated carbocycles. The van der Waals surface area contributed by atoms with E-state index in [-0.39, 0.29) is 24.4 Å². The predicted octanol–water partition coefficient (Wildman–Crippen LogP) is 2.22. The second-order valence-electron chi connectivity index (χ2n) is 9.08. The summed E-state index contributed by atoms with van der Waals surface area (Å²) in [5.41, 5.74) is 2.03. The molecule has 6 nitrogen and oxygen atoms in total. The Morgan fingerprint density at radius 2 is 2.03 bits per heavy atom. The number of aromatic nitrogens is 1. The molecule has 32 heavy (non-hydrogen) atoms. The van der Waals surface area contributed by atoms with Gasteiger partial charge in [-0.25, -0.2) is 9.18 Å². The molecule has 3 heterocycles. The summed E-state index contributed by atoms with van der Waals surface area (Å²) in [6.45, 7) is 5.68. The largest absolute Gasteiger partial charge is 0.458 e. The van der Waals surface area contributed by atoms with Crippen molar-refractivity contribution < 1.29 is 19.0 Å². The molecule has 1 aromatic heterocycles. The Morgan fingerprint density at radius 1 is 1.25 bits per heavy atom. The summed E-state index contributed by atoms with van der Waals surface area (Å²) < 4.78 is 21.6. The van der Waals surface area contributed by atoms with Gasteiger partial charge in [0.2, 0.25) is 0 Å². The highest BCUT2D eigenvalue weighted by Gasteiger charge is 2.44. The number of nitrogens with zero attached hydrogens (tertiary/aromatic N) is 2. The first-order valence-electron chi connectivity index (χ1n) is 11.3. The first-order valence-corrected chi connectivity index (χ1v) is 11.3. The molecule has 0 spiro atoms. The van der Waals surface area contributed by atoms with Crippen LogP contribution in [0.1, 0.15) is 73.5 Å². The average molecular weight is 438 g/mol. The lowest BCUT2D eigenvalue weighted by Crippen LogP contribution is -2.45. The second-order valence-corrected chi connectivity index (χ2v) is 9.08. The molecule has 168 valence electrons. The van der Waals surface area contributed by atoms with Crippen molar-refractivity contribution in [1.82, 2.24) is 4.57 Å². The minimum Gasteiger partial charge on any atom is -0.458 e. The van der Waals surface area contributed by atoms with E-state index in [9.17, 15) is 19.1 Å². The lowest BCUT2D eigenvalue weighted by molar-refractivity contribution is -0.172. The van der Waals surface area contributed by atoms with Gasteiger partial charge >= 0.3 is 5.97 Å². The normalized spacial score (nSPS) is 24.2. The van der Waals surface area contributed by atoms with Gasteiger partial charge in [0.25, 0.3) is 5.56 Å². The topological polar surface area (TPSA) is 80.9 Å². The monoisotopic (exact) mass is 438 g/mol. The molecule has 3 aliphatic rings. The molecule has 2 aromatic rings. The maximum Gasteiger partial charge on any atom is 0.343 e. The molecule has 0 bridgehead atoms. The van der Waals surface area contributed by atoms with Crippen molar-refractivity contribution in [2.75, 3.05) is 0 Å². The number of cyclic esters (lactones) is 1. The first kappa shape index (κ1) is 21.1. The van der Waals surface area contributed by atoms with Gasteiger partial charge in [0.1, 0.15) is 12.4 Å². The molecule has 7 heteroatoms. The standard InChI is InChI=1S/C25H27FN2O4/c1-4-25(31)18-10-21-14(3)27-20-11-19(26)13(2)16-7-5-6-15(22(16)20)8-9-28(21)23(29)17(18)12-32-24(25)30/h10-11,14,31H,4-9,12H2,1-3H3/t14?,25-/m0/s1. The van der Waals surface area contributed by atoms with Gasteiger partial charge in [0, 0.05) is 23.0 Å². The van der Waals surface area contributed by atoms with E-state index in [4.69, 9.17) is 9.73 Å². The molecule has 1 unspecified atom stereocenters. The highest BCUT2D eigenvalue weighted by molar-refractivity contribution is 5.83. The minimum atomic E-state index is -1.85. The summed E-state index contributed by atoms with van der Waals surface area (Å²) in [7, 11) is 0. The van der Waals surface area contributed by atoms with Gasteiger partial charge in [-0.15, -0.1) is 0 Å². The second kappa shape index (κ2) is 7.37. The number of esters is 1. The quantitative estimate of drug-likeness (QED) is 0.693. The van der Waals surface area contributed by atoms with Gasteiger partial charge in [-0.1, -0.05) is 12.5 Å². The van der Waals surface area contributed by atoms with Crippen LogP contribution in [0.5, 0.6) is 0 Å². The van der Waals surface area contributed by atoms with E-state index < -0.39 is 17.6 Å². The molecule has 2 aliphatic heterocycles. The molecular weight excluding hydrogens is 411 g/mol. The van der Waals surface area contributed by atoms with E-state index >= 15 is 0 Å². The molecule has 1 aromatic carbocycles. The van der Waals surface area contributed by atoms with Crippen LogP contribution in [0.4, 0.5) is 4.39 Å². The van der Waals surface area contributed by atoms with E-state index in [1.165, 1.54) is 11.6 Å². The Balaban J connectivity index is 1.80. The summed E-state index contributed by atoms with van der Waals surface area (Å²) in [6, 6.07) is 2.77. The van der Waals surface area contributed by atoms with Crippen LogP contribution in [0.25, 0.3) is 5.57 Å². The summed E-state index contributed by atoms with van der Waals surface area (Å²) in [4.78, 5) is 30.7. The number of carbonyl (C=O) groups excluding carboxylic acids is 1. The van der Waals surface area contributed by atoms with Crippen molar-refractivity contribution in [3.8, 4) is 0 Å². The van der Waals surface area contributed by atoms with Crippen LogP contribution in [-0.2, 0) is 34.7 Å². The van der Waals surface area contributed by atoms with Crippen LogP contribution >= 0.6 is 0 Å². The van der Waals surface area contributed by atoms with Gasteiger partial charge in [0.05, 0.1) is 17.0 Å². The number of rotatable bonds is 1. The molecule has 0 amide bonds. The third-order valence-electron chi connectivity index (χ3n) is 7.36. The number of pyridine rings is 1. The summed E-state index contributed by atoms with van der Waals surface area (Å²) in [5.74, 6) is -1.00. The molecule has 5 rings (SSSR count). The third kappa shape index (κ3) is 2.90. The summed E-state index contributed by atoms with van der Waals surface area (Å²) in [5, 5.41) is 12.7. The van der Waals surface area contributed by atoms with E-state index in [1.807, 2.05) is 13.8 Å². The Bertz CT molecular complexity index is 1340. The summed E-state index contributed by atoms with van der Waals surface area (Å²) >= 11 is 0. The van der Waals surface area contributed by atoms with Gasteiger partial charge in [-0.2, -0.15) is 0 Å².